The number of nitrogens with zero attached hydrogens (tertiary/aromatic N) is 2. The number of amides is 3. The molecule has 3 aliphatic rings. The van der Waals surface area contributed by atoms with Crippen molar-refractivity contribution in [2.75, 3.05) is 6.54 Å². The molecular weight excluding hydrogens is 546 g/mol. The van der Waals surface area contributed by atoms with E-state index in [9.17, 15) is 19.2 Å². The highest BCUT2D eigenvalue weighted by atomic mass is 16.5. The minimum absolute atomic E-state index is 0.226. The van der Waals surface area contributed by atoms with Gasteiger partial charge in [-0.1, -0.05) is 63.5 Å². The SMILES string of the molecule is CC1NC(=O)C(C(C)C)OC(=O)C2(/C=C/c3ccc4ccc(nc4c3)[C@@H](C)NC(=O)C3CCCN(N3)C1=O)CCCCC2. The summed E-state index contributed by atoms with van der Waals surface area (Å²) >= 11 is 0. The van der Waals surface area contributed by atoms with Gasteiger partial charge in [-0.05, 0) is 63.1 Å². The first-order chi connectivity index (χ1) is 20.6. The van der Waals surface area contributed by atoms with Gasteiger partial charge in [-0.15, -0.1) is 0 Å². The Morgan fingerprint density at radius 2 is 1.65 bits per heavy atom. The predicted molar refractivity (Wildman–Crippen MR) is 163 cm³/mol. The molecule has 5 rings (SSSR count). The van der Waals surface area contributed by atoms with Gasteiger partial charge in [-0.2, -0.15) is 0 Å². The van der Waals surface area contributed by atoms with E-state index >= 15 is 0 Å². The van der Waals surface area contributed by atoms with Crippen LogP contribution in [0.4, 0.5) is 0 Å². The van der Waals surface area contributed by atoms with Gasteiger partial charge >= 0.3 is 5.97 Å². The van der Waals surface area contributed by atoms with E-state index in [2.05, 4.69) is 16.1 Å². The molecule has 1 saturated heterocycles. The summed E-state index contributed by atoms with van der Waals surface area (Å²) < 4.78 is 5.98. The zero-order chi connectivity index (χ0) is 30.7. The normalized spacial score (nSPS) is 28.0. The summed E-state index contributed by atoms with van der Waals surface area (Å²) in [6.07, 6.45) is 8.11. The number of hydrogen-bond donors (Lipinski definition) is 3. The number of aromatic nitrogens is 1. The summed E-state index contributed by atoms with van der Waals surface area (Å²) in [5.41, 5.74) is 4.60. The molecule has 3 unspecified atom stereocenters. The van der Waals surface area contributed by atoms with Gasteiger partial charge in [0.1, 0.15) is 12.1 Å². The number of carbonyl (C=O) groups is 4. The molecule has 43 heavy (non-hydrogen) atoms. The van der Waals surface area contributed by atoms with Crippen LogP contribution in [-0.4, -0.2) is 58.4 Å². The Labute approximate surface area is 253 Å². The topological polar surface area (TPSA) is 130 Å². The van der Waals surface area contributed by atoms with Gasteiger partial charge in [0.2, 0.25) is 5.91 Å². The first-order valence-corrected chi connectivity index (χ1v) is 15.6. The molecule has 4 atom stereocenters. The van der Waals surface area contributed by atoms with Gasteiger partial charge in [0, 0.05) is 11.9 Å². The minimum atomic E-state index is -1.05. The molecule has 230 valence electrons. The number of rotatable bonds is 1. The van der Waals surface area contributed by atoms with Crippen molar-refractivity contribution >= 4 is 40.7 Å². The Balaban J connectivity index is 1.53. The van der Waals surface area contributed by atoms with Gasteiger partial charge in [0.15, 0.2) is 6.10 Å². The summed E-state index contributed by atoms with van der Waals surface area (Å²) in [5.74, 6) is -1.82. The third-order valence-electron chi connectivity index (χ3n) is 8.88. The number of ether oxygens (including phenoxy) is 1. The molecule has 5 bridgehead atoms. The van der Waals surface area contributed by atoms with Gasteiger partial charge in [-0.25, -0.2) is 5.43 Å². The number of pyridine rings is 1. The van der Waals surface area contributed by atoms with Gasteiger partial charge < -0.3 is 15.4 Å². The molecule has 2 fully saturated rings. The number of benzene rings is 1. The monoisotopic (exact) mass is 589 g/mol. The lowest BCUT2D eigenvalue weighted by Gasteiger charge is -2.36. The number of fused-ring (bicyclic) bond motifs is 4. The molecule has 3 N–H and O–H groups in total. The Hall–Kier alpha value is -3.79. The Morgan fingerprint density at radius 3 is 2.40 bits per heavy atom. The molecule has 1 spiro atoms. The van der Waals surface area contributed by atoms with Crippen molar-refractivity contribution in [3.05, 3.63) is 47.7 Å². The maximum absolute atomic E-state index is 13.8. The summed E-state index contributed by atoms with van der Waals surface area (Å²) in [5, 5.41) is 8.17. The van der Waals surface area contributed by atoms with E-state index in [0.29, 0.717) is 32.2 Å². The molecular formula is C33H43N5O5. The molecule has 1 saturated carbocycles. The maximum atomic E-state index is 13.8. The van der Waals surface area contributed by atoms with Crippen LogP contribution >= 0.6 is 0 Å². The van der Waals surface area contributed by atoms with Crippen LogP contribution in [0, 0.1) is 11.3 Å². The quantitative estimate of drug-likeness (QED) is 0.430. The van der Waals surface area contributed by atoms with Crippen molar-refractivity contribution in [1.29, 1.82) is 0 Å². The van der Waals surface area contributed by atoms with Crippen LogP contribution in [0.2, 0.25) is 0 Å². The van der Waals surface area contributed by atoms with Crippen molar-refractivity contribution in [3.63, 3.8) is 0 Å². The molecule has 1 aromatic heterocycles. The van der Waals surface area contributed by atoms with Gasteiger partial charge in [0.05, 0.1) is 22.7 Å². The molecule has 2 aliphatic heterocycles. The average molecular weight is 590 g/mol. The summed E-state index contributed by atoms with van der Waals surface area (Å²) in [4.78, 5) is 58.7. The fourth-order valence-corrected chi connectivity index (χ4v) is 6.21. The molecule has 1 aliphatic carbocycles. The number of nitrogens with one attached hydrogen (secondary N) is 3. The maximum Gasteiger partial charge on any atom is 0.316 e. The molecule has 0 radical (unpaired) electrons. The molecule has 10 heteroatoms. The zero-order valence-corrected chi connectivity index (χ0v) is 25.5. The third-order valence-corrected chi connectivity index (χ3v) is 8.88. The lowest BCUT2D eigenvalue weighted by molar-refractivity contribution is -0.168. The molecule has 1 aromatic carbocycles. The first-order valence-electron chi connectivity index (χ1n) is 15.6. The second-order valence-electron chi connectivity index (χ2n) is 12.6. The van der Waals surface area contributed by atoms with E-state index in [4.69, 9.17) is 9.72 Å². The summed E-state index contributed by atoms with van der Waals surface area (Å²) in [6, 6.07) is 8.01. The van der Waals surface area contributed by atoms with Crippen molar-refractivity contribution in [2.45, 2.75) is 96.9 Å². The van der Waals surface area contributed by atoms with E-state index in [1.54, 1.807) is 6.92 Å². The number of carbonyl (C=O) groups excluding carboxylic acids is 4. The Kier molecular flexibility index (Phi) is 9.15. The Bertz CT molecular complexity index is 1420. The lowest BCUT2D eigenvalue weighted by Crippen LogP contribution is -2.61. The molecule has 10 nitrogen and oxygen atoms in total. The highest BCUT2D eigenvalue weighted by Crippen LogP contribution is 2.40. The number of cyclic esters (lactones) is 1. The van der Waals surface area contributed by atoms with Crippen molar-refractivity contribution in [1.82, 2.24) is 26.1 Å². The van der Waals surface area contributed by atoms with Crippen LogP contribution in [0.1, 0.15) is 89.9 Å². The molecule has 2 aromatic rings. The van der Waals surface area contributed by atoms with Crippen molar-refractivity contribution in [3.8, 4) is 0 Å². The standard InChI is InChI=1S/C33H43N5O5/c1-20(2)28-30(40)35-22(4)31(41)38-18-8-9-26(37-38)29(39)34-21(3)25-13-12-24-11-10-23(19-27(24)36-25)14-17-33(32(42)43-28)15-6-5-7-16-33/h10-14,17,19-22,26,28,37H,5-9,15-16,18H2,1-4H3,(H,34,39)(H,35,40)/b17-14+/t21-,22?,26?,28?/m1/s1. The zero-order valence-electron chi connectivity index (χ0n) is 25.5. The Morgan fingerprint density at radius 1 is 0.930 bits per heavy atom. The van der Waals surface area contributed by atoms with Crippen molar-refractivity contribution in [2.24, 2.45) is 11.3 Å². The van der Waals surface area contributed by atoms with Gasteiger partial charge in [0.25, 0.3) is 11.8 Å². The van der Waals surface area contributed by atoms with E-state index in [0.717, 1.165) is 41.4 Å². The van der Waals surface area contributed by atoms with Crippen LogP contribution in [0.15, 0.2) is 36.4 Å². The van der Waals surface area contributed by atoms with E-state index < -0.39 is 35.5 Å². The fraction of sp³-hybridized carbons (Fsp3) is 0.545. The van der Waals surface area contributed by atoms with Crippen LogP contribution in [0.25, 0.3) is 17.0 Å². The van der Waals surface area contributed by atoms with Gasteiger partial charge in [-0.3, -0.25) is 29.2 Å². The summed E-state index contributed by atoms with van der Waals surface area (Å²) in [7, 11) is 0. The average Bonchev–Trinajstić information content (AvgIpc) is 3.01. The second-order valence-corrected chi connectivity index (χ2v) is 12.6. The minimum Gasteiger partial charge on any atom is -0.451 e. The van der Waals surface area contributed by atoms with E-state index in [1.165, 1.54) is 5.01 Å². The first kappa shape index (κ1) is 30.7. The largest absolute Gasteiger partial charge is 0.451 e. The molecule has 3 amide bonds. The fourth-order valence-electron chi connectivity index (χ4n) is 6.21. The van der Waals surface area contributed by atoms with Crippen LogP contribution in [0.3, 0.4) is 0 Å². The summed E-state index contributed by atoms with van der Waals surface area (Å²) in [6.45, 7) is 7.54. The van der Waals surface area contributed by atoms with Crippen molar-refractivity contribution < 1.29 is 23.9 Å². The lowest BCUT2D eigenvalue weighted by atomic mass is 9.73. The predicted octanol–water partition coefficient (Wildman–Crippen LogP) is 3.96. The van der Waals surface area contributed by atoms with Crippen LogP contribution in [0.5, 0.6) is 0 Å². The second kappa shape index (κ2) is 12.8. The van der Waals surface area contributed by atoms with E-state index in [1.807, 2.05) is 63.3 Å². The van der Waals surface area contributed by atoms with Crippen LogP contribution < -0.4 is 16.1 Å². The number of hydrogen-bond acceptors (Lipinski definition) is 7. The van der Waals surface area contributed by atoms with Crippen LogP contribution in [-0.2, 0) is 23.9 Å². The highest BCUT2D eigenvalue weighted by molar-refractivity contribution is 5.92. The number of esters is 1. The highest BCUT2D eigenvalue weighted by Gasteiger charge is 2.42. The number of hydrazine groups is 1. The van der Waals surface area contributed by atoms with E-state index in [-0.39, 0.29) is 23.8 Å². The smallest absolute Gasteiger partial charge is 0.316 e. The third kappa shape index (κ3) is 6.74. The molecule has 3 heterocycles.